The SMILES string of the molecule is CC.CCc1cc(C(N)Sc2ccc(C)cc2)c(OC)cc1OC. The van der Waals surface area contributed by atoms with Crippen LogP contribution in [0.2, 0.25) is 0 Å². The maximum Gasteiger partial charge on any atom is 0.128 e. The summed E-state index contributed by atoms with van der Waals surface area (Å²) >= 11 is 1.62. The summed E-state index contributed by atoms with van der Waals surface area (Å²) in [5.41, 5.74) is 9.77. The molecule has 0 aromatic heterocycles. The maximum absolute atomic E-state index is 6.40. The third-order valence-electron chi connectivity index (χ3n) is 3.60. The van der Waals surface area contributed by atoms with Gasteiger partial charge in [-0.05, 0) is 37.1 Å². The molecule has 2 rings (SSSR count). The van der Waals surface area contributed by atoms with Crippen LogP contribution in [0.5, 0.6) is 11.5 Å². The van der Waals surface area contributed by atoms with Crippen molar-refractivity contribution in [1.29, 1.82) is 0 Å². The third kappa shape index (κ3) is 5.18. The molecule has 0 saturated heterocycles. The standard InChI is InChI=1S/C18H23NO2S.C2H6/c1-5-13-10-15(17(21-4)11-16(13)20-3)18(19)22-14-8-6-12(2)7-9-14;1-2/h6-11,18H,5,19H2,1-4H3;1-2H3. The van der Waals surface area contributed by atoms with Gasteiger partial charge in [-0.1, -0.05) is 38.5 Å². The Morgan fingerprint density at radius 3 is 2.08 bits per heavy atom. The summed E-state index contributed by atoms with van der Waals surface area (Å²) in [6.45, 7) is 8.18. The van der Waals surface area contributed by atoms with Crippen LogP contribution in [-0.4, -0.2) is 14.2 Å². The summed E-state index contributed by atoms with van der Waals surface area (Å²) in [7, 11) is 3.34. The van der Waals surface area contributed by atoms with Crippen LogP contribution >= 0.6 is 11.8 Å². The second kappa shape index (κ2) is 10.3. The fourth-order valence-corrected chi connectivity index (χ4v) is 3.22. The lowest BCUT2D eigenvalue weighted by atomic mass is 10.1. The molecule has 4 heteroatoms. The number of aryl methyl sites for hydroxylation is 2. The van der Waals surface area contributed by atoms with Crippen molar-refractivity contribution in [2.24, 2.45) is 5.73 Å². The molecule has 0 aliphatic carbocycles. The van der Waals surface area contributed by atoms with E-state index in [1.807, 2.05) is 19.9 Å². The first-order valence-corrected chi connectivity index (χ1v) is 9.20. The van der Waals surface area contributed by atoms with E-state index < -0.39 is 0 Å². The molecule has 0 aliphatic rings. The number of benzene rings is 2. The number of nitrogens with two attached hydrogens (primary N) is 1. The Morgan fingerprint density at radius 1 is 1.00 bits per heavy atom. The van der Waals surface area contributed by atoms with E-state index in [9.17, 15) is 0 Å². The fourth-order valence-electron chi connectivity index (χ4n) is 2.32. The van der Waals surface area contributed by atoms with E-state index in [0.717, 1.165) is 33.9 Å². The average molecular weight is 348 g/mol. The number of methoxy groups -OCH3 is 2. The van der Waals surface area contributed by atoms with Gasteiger partial charge in [0.05, 0.1) is 19.6 Å². The molecule has 0 heterocycles. The Bertz CT molecular complexity index is 626. The Kier molecular flexibility index (Phi) is 8.72. The van der Waals surface area contributed by atoms with Crippen LogP contribution in [0.15, 0.2) is 41.3 Å². The molecule has 24 heavy (non-hydrogen) atoms. The summed E-state index contributed by atoms with van der Waals surface area (Å²) in [6, 6.07) is 12.4. The lowest BCUT2D eigenvalue weighted by Crippen LogP contribution is -2.09. The highest BCUT2D eigenvalue weighted by Gasteiger charge is 2.17. The summed E-state index contributed by atoms with van der Waals surface area (Å²) in [4.78, 5) is 1.15. The van der Waals surface area contributed by atoms with E-state index in [-0.39, 0.29) is 5.37 Å². The van der Waals surface area contributed by atoms with Crippen molar-refractivity contribution in [3.8, 4) is 11.5 Å². The predicted octanol–water partition coefficient (Wildman–Crippen LogP) is 5.35. The summed E-state index contributed by atoms with van der Waals surface area (Å²) in [5, 5.41) is -0.186. The minimum Gasteiger partial charge on any atom is -0.496 e. The van der Waals surface area contributed by atoms with Gasteiger partial charge in [-0.3, -0.25) is 0 Å². The maximum atomic E-state index is 6.40. The highest BCUT2D eigenvalue weighted by Crippen LogP contribution is 2.39. The van der Waals surface area contributed by atoms with E-state index in [2.05, 4.69) is 44.2 Å². The average Bonchev–Trinajstić information content (AvgIpc) is 2.63. The number of hydrogen-bond acceptors (Lipinski definition) is 4. The van der Waals surface area contributed by atoms with Gasteiger partial charge in [0, 0.05) is 16.5 Å². The van der Waals surface area contributed by atoms with E-state index >= 15 is 0 Å². The van der Waals surface area contributed by atoms with Gasteiger partial charge in [0.15, 0.2) is 0 Å². The molecule has 1 atom stereocenters. The van der Waals surface area contributed by atoms with Gasteiger partial charge >= 0.3 is 0 Å². The third-order valence-corrected chi connectivity index (χ3v) is 4.66. The molecule has 0 bridgehead atoms. The van der Waals surface area contributed by atoms with E-state index in [1.165, 1.54) is 5.56 Å². The Morgan fingerprint density at radius 2 is 1.58 bits per heavy atom. The molecule has 0 amide bonds. The van der Waals surface area contributed by atoms with Crippen molar-refractivity contribution in [1.82, 2.24) is 0 Å². The van der Waals surface area contributed by atoms with E-state index in [0.29, 0.717) is 0 Å². The molecule has 132 valence electrons. The molecular formula is C20H29NO2S. The molecule has 0 saturated carbocycles. The van der Waals surface area contributed by atoms with Gasteiger partial charge < -0.3 is 15.2 Å². The highest BCUT2D eigenvalue weighted by molar-refractivity contribution is 7.99. The Hall–Kier alpha value is -1.65. The topological polar surface area (TPSA) is 44.5 Å². The molecule has 0 radical (unpaired) electrons. The van der Waals surface area contributed by atoms with Crippen molar-refractivity contribution in [3.05, 3.63) is 53.1 Å². The van der Waals surface area contributed by atoms with Gasteiger partial charge in [0.2, 0.25) is 0 Å². The first kappa shape index (κ1) is 20.4. The Labute approximate surface area is 150 Å². The largest absolute Gasteiger partial charge is 0.496 e. The van der Waals surface area contributed by atoms with Crippen LogP contribution in [0, 0.1) is 6.92 Å². The minimum atomic E-state index is -0.186. The minimum absolute atomic E-state index is 0.186. The van der Waals surface area contributed by atoms with Gasteiger partial charge in [0.1, 0.15) is 11.5 Å². The molecule has 0 spiro atoms. The normalized spacial score (nSPS) is 11.3. The zero-order chi connectivity index (χ0) is 18.1. The van der Waals surface area contributed by atoms with Crippen molar-refractivity contribution in [3.63, 3.8) is 0 Å². The van der Waals surface area contributed by atoms with Crippen LogP contribution in [0.25, 0.3) is 0 Å². The molecule has 0 fully saturated rings. The highest BCUT2D eigenvalue weighted by atomic mass is 32.2. The number of thioether (sulfide) groups is 1. The van der Waals surface area contributed by atoms with Gasteiger partial charge in [-0.15, -0.1) is 11.8 Å². The zero-order valence-electron chi connectivity index (χ0n) is 15.6. The van der Waals surface area contributed by atoms with Gasteiger partial charge in [-0.2, -0.15) is 0 Å². The quantitative estimate of drug-likeness (QED) is 0.565. The predicted molar refractivity (Wildman–Crippen MR) is 104 cm³/mol. The van der Waals surface area contributed by atoms with Gasteiger partial charge in [-0.25, -0.2) is 0 Å². The molecule has 2 aromatic rings. The number of rotatable bonds is 6. The lowest BCUT2D eigenvalue weighted by Gasteiger charge is -2.18. The smallest absolute Gasteiger partial charge is 0.128 e. The molecule has 2 N–H and O–H groups in total. The van der Waals surface area contributed by atoms with Crippen LogP contribution < -0.4 is 15.2 Å². The van der Waals surface area contributed by atoms with Crippen molar-refractivity contribution >= 4 is 11.8 Å². The monoisotopic (exact) mass is 347 g/mol. The number of ether oxygens (including phenoxy) is 2. The van der Waals surface area contributed by atoms with E-state index in [1.54, 1.807) is 26.0 Å². The molecule has 2 aromatic carbocycles. The summed E-state index contributed by atoms with van der Waals surface area (Å²) in [6.07, 6.45) is 0.891. The van der Waals surface area contributed by atoms with Crippen molar-refractivity contribution in [2.75, 3.05) is 14.2 Å². The Balaban J connectivity index is 0.00000139. The fraction of sp³-hybridized carbons (Fsp3) is 0.400. The first-order chi connectivity index (χ1) is 11.6. The lowest BCUT2D eigenvalue weighted by molar-refractivity contribution is 0.388. The second-order valence-corrected chi connectivity index (χ2v) is 6.33. The van der Waals surface area contributed by atoms with Crippen molar-refractivity contribution < 1.29 is 9.47 Å². The molecule has 1 unspecified atom stereocenters. The van der Waals surface area contributed by atoms with Crippen LogP contribution in [-0.2, 0) is 6.42 Å². The van der Waals surface area contributed by atoms with Crippen molar-refractivity contribution in [2.45, 2.75) is 44.4 Å². The van der Waals surface area contributed by atoms with Crippen LogP contribution in [0.4, 0.5) is 0 Å². The van der Waals surface area contributed by atoms with Gasteiger partial charge in [0.25, 0.3) is 0 Å². The second-order valence-electron chi connectivity index (χ2n) is 5.11. The summed E-state index contributed by atoms with van der Waals surface area (Å²) < 4.78 is 10.9. The zero-order valence-corrected chi connectivity index (χ0v) is 16.4. The summed E-state index contributed by atoms with van der Waals surface area (Å²) in [5.74, 6) is 1.61. The van der Waals surface area contributed by atoms with E-state index in [4.69, 9.17) is 15.2 Å². The van der Waals surface area contributed by atoms with Crippen LogP contribution in [0.1, 0.15) is 42.8 Å². The molecule has 0 aliphatic heterocycles. The van der Waals surface area contributed by atoms with Crippen LogP contribution in [0.3, 0.4) is 0 Å². The molecular weight excluding hydrogens is 318 g/mol. The first-order valence-electron chi connectivity index (χ1n) is 8.32. The molecule has 3 nitrogen and oxygen atoms in total. The number of hydrogen-bond donors (Lipinski definition) is 1.